The second kappa shape index (κ2) is 6.91. The summed E-state index contributed by atoms with van der Waals surface area (Å²) in [4.78, 5) is 15.0. The standard InChI is InChI=1S/C23H23N3O2/c27-22(24-23(11-12-23)19-8-2-1-3-9-19)21-14-20(28-25-21)16-26-13-10-17-6-4-5-7-18(17)15-26/h1-9,14H,10-13,15-16H2,(H,24,27). The second-order valence-corrected chi connectivity index (χ2v) is 7.81. The summed E-state index contributed by atoms with van der Waals surface area (Å²) in [5.74, 6) is 0.564. The van der Waals surface area contributed by atoms with Crippen LogP contribution in [0.3, 0.4) is 0 Å². The molecule has 1 saturated carbocycles. The fraction of sp³-hybridized carbons (Fsp3) is 0.304. The SMILES string of the molecule is O=C(NC1(c2ccccc2)CC1)c1cc(CN2CCc3ccccc3C2)on1. The van der Waals surface area contributed by atoms with E-state index >= 15 is 0 Å². The molecule has 1 aliphatic carbocycles. The van der Waals surface area contributed by atoms with E-state index in [4.69, 9.17) is 4.52 Å². The monoisotopic (exact) mass is 373 g/mol. The van der Waals surface area contributed by atoms with Crippen LogP contribution in [0.4, 0.5) is 0 Å². The van der Waals surface area contributed by atoms with Crippen molar-refractivity contribution in [3.05, 3.63) is 88.8 Å². The number of aromatic nitrogens is 1. The van der Waals surface area contributed by atoms with Crippen LogP contribution in [0.1, 0.15) is 45.8 Å². The van der Waals surface area contributed by atoms with Crippen LogP contribution in [0.2, 0.25) is 0 Å². The van der Waals surface area contributed by atoms with E-state index in [1.807, 2.05) is 18.2 Å². The van der Waals surface area contributed by atoms with Gasteiger partial charge in [0.05, 0.1) is 12.1 Å². The molecular formula is C23H23N3O2. The fourth-order valence-corrected chi connectivity index (χ4v) is 4.05. The Bertz CT molecular complexity index is 992. The summed E-state index contributed by atoms with van der Waals surface area (Å²) in [5.41, 5.74) is 4.05. The first-order valence-electron chi connectivity index (χ1n) is 9.85. The molecule has 1 amide bonds. The van der Waals surface area contributed by atoms with Crippen molar-refractivity contribution in [2.45, 2.75) is 37.9 Å². The van der Waals surface area contributed by atoms with E-state index in [0.29, 0.717) is 12.2 Å². The number of nitrogens with zero attached hydrogens (tertiary/aromatic N) is 2. The molecule has 2 aromatic carbocycles. The first-order chi connectivity index (χ1) is 13.7. The van der Waals surface area contributed by atoms with Crippen molar-refractivity contribution >= 4 is 5.91 Å². The van der Waals surface area contributed by atoms with Crippen LogP contribution in [0, 0.1) is 0 Å². The maximum absolute atomic E-state index is 12.7. The van der Waals surface area contributed by atoms with Crippen LogP contribution < -0.4 is 5.32 Å². The minimum absolute atomic E-state index is 0.166. The Morgan fingerprint density at radius 2 is 1.82 bits per heavy atom. The molecule has 1 N–H and O–H groups in total. The molecule has 1 aromatic heterocycles. The second-order valence-electron chi connectivity index (χ2n) is 7.81. The molecule has 0 saturated heterocycles. The lowest BCUT2D eigenvalue weighted by atomic mass is 10.00. The zero-order valence-electron chi connectivity index (χ0n) is 15.7. The average molecular weight is 373 g/mol. The van der Waals surface area contributed by atoms with Gasteiger partial charge in [-0.1, -0.05) is 59.8 Å². The maximum Gasteiger partial charge on any atom is 0.274 e. The lowest BCUT2D eigenvalue weighted by molar-refractivity contribution is 0.0921. The van der Waals surface area contributed by atoms with Gasteiger partial charge in [0.1, 0.15) is 0 Å². The molecule has 5 rings (SSSR count). The lowest BCUT2D eigenvalue weighted by Gasteiger charge is -2.27. The minimum atomic E-state index is -0.242. The summed E-state index contributed by atoms with van der Waals surface area (Å²) in [6.07, 6.45) is 2.96. The fourth-order valence-electron chi connectivity index (χ4n) is 4.05. The van der Waals surface area contributed by atoms with Crippen molar-refractivity contribution in [3.63, 3.8) is 0 Å². The molecule has 142 valence electrons. The van der Waals surface area contributed by atoms with Gasteiger partial charge in [-0.15, -0.1) is 0 Å². The topological polar surface area (TPSA) is 58.4 Å². The highest BCUT2D eigenvalue weighted by atomic mass is 16.5. The summed E-state index contributed by atoms with van der Waals surface area (Å²) in [5, 5.41) is 7.17. The normalized spacial score (nSPS) is 17.7. The average Bonchev–Trinajstić information content (AvgIpc) is 3.37. The number of nitrogens with one attached hydrogen (secondary N) is 1. The zero-order chi connectivity index (χ0) is 19.0. The number of carbonyl (C=O) groups excluding carboxylic acids is 1. The van der Waals surface area contributed by atoms with Crippen LogP contribution in [0.25, 0.3) is 0 Å². The van der Waals surface area contributed by atoms with Gasteiger partial charge >= 0.3 is 0 Å². The van der Waals surface area contributed by atoms with E-state index in [2.05, 4.69) is 51.8 Å². The molecule has 0 spiro atoms. The molecular weight excluding hydrogens is 350 g/mol. The Morgan fingerprint density at radius 3 is 2.61 bits per heavy atom. The van der Waals surface area contributed by atoms with E-state index in [1.54, 1.807) is 6.07 Å². The van der Waals surface area contributed by atoms with Crippen LogP contribution in [0.5, 0.6) is 0 Å². The molecule has 0 unspecified atom stereocenters. The Hall–Kier alpha value is -2.92. The molecule has 1 aliphatic heterocycles. The van der Waals surface area contributed by atoms with Crippen molar-refractivity contribution in [1.82, 2.24) is 15.4 Å². The van der Waals surface area contributed by atoms with Gasteiger partial charge in [0, 0.05) is 19.2 Å². The van der Waals surface area contributed by atoms with E-state index < -0.39 is 0 Å². The Balaban J connectivity index is 1.24. The van der Waals surface area contributed by atoms with Crippen LogP contribution in [-0.2, 0) is 25.0 Å². The minimum Gasteiger partial charge on any atom is -0.359 e. The van der Waals surface area contributed by atoms with Crippen LogP contribution in [-0.4, -0.2) is 22.5 Å². The van der Waals surface area contributed by atoms with Crippen LogP contribution in [0.15, 0.2) is 65.2 Å². The third-order valence-corrected chi connectivity index (χ3v) is 5.81. The Labute approximate surface area is 164 Å². The van der Waals surface area contributed by atoms with Crippen molar-refractivity contribution in [1.29, 1.82) is 0 Å². The molecule has 5 heteroatoms. The van der Waals surface area contributed by atoms with Gasteiger partial charge in [0.25, 0.3) is 5.91 Å². The zero-order valence-corrected chi connectivity index (χ0v) is 15.7. The lowest BCUT2D eigenvalue weighted by Crippen LogP contribution is -2.35. The Morgan fingerprint density at radius 1 is 1.07 bits per heavy atom. The maximum atomic E-state index is 12.7. The number of fused-ring (bicyclic) bond motifs is 1. The molecule has 28 heavy (non-hydrogen) atoms. The van der Waals surface area contributed by atoms with Crippen LogP contribution >= 0.6 is 0 Å². The van der Waals surface area contributed by atoms with Crippen molar-refractivity contribution in [3.8, 4) is 0 Å². The highest BCUT2D eigenvalue weighted by Crippen LogP contribution is 2.45. The third kappa shape index (κ3) is 3.34. The summed E-state index contributed by atoms with van der Waals surface area (Å²) in [7, 11) is 0. The molecule has 2 heterocycles. The highest BCUT2D eigenvalue weighted by Gasteiger charge is 2.46. The third-order valence-electron chi connectivity index (χ3n) is 5.81. The van der Waals surface area contributed by atoms with Crippen molar-refractivity contribution < 1.29 is 9.32 Å². The molecule has 1 fully saturated rings. The molecule has 0 atom stereocenters. The number of carbonyl (C=O) groups is 1. The molecule has 0 bridgehead atoms. The van der Waals surface area contributed by atoms with Gasteiger partial charge < -0.3 is 9.84 Å². The van der Waals surface area contributed by atoms with Gasteiger partial charge in [0.15, 0.2) is 11.5 Å². The summed E-state index contributed by atoms with van der Waals surface area (Å²) in [6, 6.07) is 20.5. The van der Waals surface area contributed by atoms with Gasteiger partial charge in [-0.05, 0) is 36.0 Å². The van der Waals surface area contributed by atoms with E-state index in [0.717, 1.165) is 43.7 Å². The number of amides is 1. The predicted molar refractivity (Wildman–Crippen MR) is 106 cm³/mol. The predicted octanol–water partition coefficient (Wildman–Crippen LogP) is 3.65. The van der Waals surface area contributed by atoms with Gasteiger partial charge in [-0.25, -0.2) is 0 Å². The number of hydrogen-bond acceptors (Lipinski definition) is 4. The quantitative estimate of drug-likeness (QED) is 0.742. The van der Waals surface area contributed by atoms with E-state index in [1.165, 1.54) is 11.1 Å². The first-order valence-corrected chi connectivity index (χ1v) is 9.85. The Kier molecular flexibility index (Phi) is 4.24. The van der Waals surface area contributed by atoms with Crippen molar-refractivity contribution in [2.75, 3.05) is 6.54 Å². The van der Waals surface area contributed by atoms with Gasteiger partial charge in [-0.2, -0.15) is 0 Å². The number of rotatable bonds is 5. The van der Waals surface area contributed by atoms with Gasteiger partial charge in [-0.3, -0.25) is 9.69 Å². The summed E-state index contributed by atoms with van der Waals surface area (Å²) < 4.78 is 5.46. The molecule has 3 aromatic rings. The summed E-state index contributed by atoms with van der Waals surface area (Å²) in [6.45, 7) is 2.55. The largest absolute Gasteiger partial charge is 0.359 e. The molecule has 2 aliphatic rings. The van der Waals surface area contributed by atoms with Crippen molar-refractivity contribution in [2.24, 2.45) is 0 Å². The van der Waals surface area contributed by atoms with E-state index in [9.17, 15) is 4.79 Å². The molecule has 5 nitrogen and oxygen atoms in total. The molecule has 0 radical (unpaired) electrons. The number of hydrogen-bond donors (Lipinski definition) is 1. The van der Waals surface area contributed by atoms with E-state index in [-0.39, 0.29) is 11.4 Å². The van der Waals surface area contributed by atoms with Gasteiger partial charge in [0.2, 0.25) is 0 Å². The smallest absolute Gasteiger partial charge is 0.274 e. The number of benzene rings is 2. The highest BCUT2D eigenvalue weighted by molar-refractivity contribution is 5.93. The summed E-state index contributed by atoms with van der Waals surface area (Å²) >= 11 is 0. The first kappa shape index (κ1) is 17.2.